The Morgan fingerprint density at radius 3 is 2.41 bits per heavy atom. The van der Waals surface area contributed by atoms with Crippen molar-refractivity contribution >= 4 is 45.7 Å². The number of nitrogens with one attached hydrogen (secondary N) is 2. The quantitative estimate of drug-likeness (QED) is 0.489. The molecular formula is C24H25ClN4O2S. The van der Waals surface area contributed by atoms with Gasteiger partial charge in [0.1, 0.15) is 0 Å². The summed E-state index contributed by atoms with van der Waals surface area (Å²) < 4.78 is 0. The Morgan fingerprint density at radius 1 is 1.06 bits per heavy atom. The molecular weight excluding hydrogens is 444 g/mol. The lowest BCUT2D eigenvalue weighted by Gasteiger charge is -2.31. The largest absolute Gasteiger partial charge is 0.326 e. The minimum Gasteiger partial charge on any atom is -0.326 e. The topological polar surface area (TPSA) is 74.3 Å². The zero-order valence-corrected chi connectivity index (χ0v) is 19.4. The fourth-order valence-electron chi connectivity index (χ4n) is 3.67. The first-order chi connectivity index (χ1) is 15.5. The molecule has 4 rings (SSSR count). The van der Waals surface area contributed by atoms with Crippen LogP contribution in [0, 0.1) is 5.92 Å². The predicted molar refractivity (Wildman–Crippen MR) is 130 cm³/mol. The molecule has 0 saturated carbocycles. The predicted octanol–water partition coefficient (Wildman–Crippen LogP) is 5.91. The molecule has 2 N–H and O–H groups in total. The van der Waals surface area contributed by atoms with Gasteiger partial charge in [-0.15, -0.1) is 11.3 Å². The molecule has 3 aromatic rings. The summed E-state index contributed by atoms with van der Waals surface area (Å²) in [5.74, 6) is -0.140. The smallest absolute Gasteiger partial charge is 0.323 e. The first-order valence-corrected chi connectivity index (χ1v) is 11.9. The first kappa shape index (κ1) is 22.3. The van der Waals surface area contributed by atoms with E-state index in [0.717, 1.165) is 23.4 Å². The van der Waals surface area contributed by atoms with Gasteiger partial charge in [0, 0.05) is 40.7 Å². The number of carbonyl (C=O) groups excluding carboxylic acids is 2. The lowest BCUT2D eigenvalue weighted by Crippen LogP contribution is -2.43. The van der Waals surface area contributed by atoms with Crippen molar-refractivity contribution in [3.63, 3.8) is 0 Å². The summed E-state index contributed by atoms with van der Waals surface area (Å²) >= 11 is 7.30. The monoisotopic (exact) mass is 468 g/mol. The molecule has 0 aliphatic carbocycles. The Morgan fingerprint density at radius 2 is 1.75 bits per heavy atom. The van der Waals surface area contributed by atoms with Crippen molar-refractivity contribution in [2.24, 2.45) is 5.92 Å². The number of likely N-dealkylation sites (tertiary alicyclic amines) is 1. The van der Waals surface area contributed by atoms with Gasteiger partial charge in [0.15, 0.2) is 5.13 Å². The molecule has 1 saturated heterocycles. The van der Waals surface area contributed by atoms with Crippen LogP contribution < -0.4 is 10.6 Å². The normalized spacial score (nSPS) is 14.2. The second-order valence-electron chi connectivity index (χ2n) is 7.78. The Bertz CT molecular complexity index is 1070. The van der Waals surface area contributed by atoms with Gasteiger partial charge < -0.3 is 10.2 Å². The first-order valence-electron chi connectivity index (χ1n) is 10.7. The lowest BCUT2D eigenvalue weighted by atomic mass is 9.96. The fourth-order valence-corrected chi connectivity index (χ4v) is 4.50. The van der Waals surface area contributed by atoms with E-state index in [1.807, 2.05) is 5.38 Å². The SMILES string of the molecule is CCc1ccc(-c2csc(NC(=O)N3CCC(C(=O)Nc4ccc(Cl)cc4)CC3)n2)cc1. The van der Waals surface area contributed by atoms with Crippen LogP contribution in [-0.4, -0.2) is 34.9 Å². The Labute approximate surface area is 196 Å². The van der Waals surface area contributed by atoms with Gasteiger partial charge in [0.2, 0.25) is 5.91 Å². The van der Waals surface area contributed by atoms with E-state index in [0.29, 0.717) is 36.1 Å². The average Bonchev–Trinajstić information content (AvgIpc) is 3.29. The van der Waals surface area contributed by atoms with E-state index in [2.05, 4.69) is 46.8 Å². The number of benzene rings is 2. The van der Waals surface area contributed by atoms with Crippen molar-refractivity contribution in [1.29, 1.82) is 0 Å². The minimum atomic E-state index is -0.177. The Balaban J connectivity index is 1.27. The van der Waals surface area contributed by atoms with Gasteiger partial charge in [-0.1, -0.05) is 42.8 Å². The summed E-state index contributed by atoms with van der Waals surface area (Å²) in [5, 5.41) is 8.97. The number of piperidine rings is 1. The molecule has 6 nitrogen and oxygen atoms in total. The molecule has 1 fully saturated rings. The van der Waals surface area contributed by atoms with Gasteiger partial charge in [-0.2, -0.15) is 0 Å². The number of urea groups is 1. The number of rotatable bonds is 5. The molecule has 1 aliphatic heterocycles. The fraction of sp³-hybridized carbons (Fsp3) is 0.292. The molecule has 8 heteroatoms. The number of aryl methyl sites for hydroxylation is 1. The van der Waals surface area contributed by atoms with Gasteiger partial charge in [0.05, 0.1) is 5.69 Å². The summed E-state index contributed by atoms with van der Waals surface area (Å²) in [4.78, 5) is 31.5. The maximum Gasteiger partial charge on any atom is 0.323 e. The highest BCUT2D eigenvalue weighted by Crippen LogP contribution is 2.26. The third-order valence-electron chi connectivity index (χ3n) is 5.64. The van der Waals surface area contributed by atoms with Crippen LogP contribution in [-0.2, 0) is 11.2 Å². The molecule has 2 aromatic carbocycles. The van der Waals surface area contributed by atoms with Crippen LogP contribution in [0.1, 0.15) is 25.3 Å². The van der Waals surface area contributed by atoms with E-state index in [-0.39, 0.29) is 17.9 Å². The van der Waals surface area contributed by atoms with Crippen molar-refractivity contribution in [3.8, 4) is 11.3 Å². The third kappa shape index (κ3) is 5.47. The van der Waals surface area contributed by atoms with Crippen molar-refractivity contribution in [2.45, 2.75) is 26.2 Å². The van der Waals surface area contributed by atoms with Gasteiger partial charge in [0.25, 0.3) is 0 Å². The summed E-state index contributed by atoms with van der Waals surface area (Å²) in [6.45, 7) is 3.18. The molecule has 0 atom stereocenters. The highest BCUT2D eigenvalue weighted by Gasteiger charge is 2.27. The second kappa shape index (κ2) is 10.1. The number of nitrogens with zero attached hydrogens (tertiary/aromatic N) is 2. The van der Waals surface area contributed by atoms with E-state index in [1.54, 1.807) is 29.2 Å². The summed E-state index contributed by atoms with van der Waals surface area (Å²) in [6, 6.07) is 15.2. The van der Waals surface area contributed by atoms with Crippen LogP contribution in [0.3, 0.4) is 0 Å². The Hall–Kier alpha value is -2.90. The van der Waals surface area contributed by atoms with E-state index < -0.39 is 0 Å². The van der Waals surface area contributed by atoms with Crippen LogP contribution in [0.15, 0.2) is 53.9 Å². The molecule has 0 spiro atoms. The highest BCUT2D eigenvalue weighted by atomic mass is 35.5. The lowest BCUT2D eigenvalue weighted by molar-refractivity contribution is -0.121. The van der Waals surface area contributed by atoms with Crippen LogP contribution in [0.2, 0.25) is 5.02 Å². The standard InChI is InChI=1S/C24H25ClN4O2S/c1-2-16-3-5-17(6-4-16)21-15-32-23(27-21)28-24(31)29-13-11-18(12-14-29)22(30)26-20-9-7-19(25)8-10-20/h3-10,15,18H,2,11-14H2,1H3,(H,26,30)(H,27,28,31). The molecule has 0 radical (unpaired) electrons. The molecule has 2 heterocycles. The maximum absolute atomic E-state index is 12.7. The number of hydrogen-bond donors (Lipinski definition) is 2. The van der Waals surface area contributed by atoms with Gasteiger partial charge in [-0.3, -0.25) is 10.1 Å². The van der Waals surface area contributed by atoms with Gasteiger partial charge in [-0.05, 0) is 49.1 Å². The van der Waals surface area contributed by atoms with Crippen molar-refractivity contribution in [3.05, 3.63) is 64.5 Å². The number of halogens is 1. The summed E-state index contributed by atoms with van der Waals surface area (Å²) in [5.41, 5.74) is 3.89. The number of thiazole rings is 1. The van der Waals surface area contributed by atoms with E-state index >= 15 is 0 Å². The van der Waals surface area contributed by atoms with Crippen LogP contribution in [0.4, 0.5) is 15.6 Å². The number of carbonyl (C=O) groups is 2. The number of aromatic nitrogens is 1. The van der Waals surface area contributed by atoms with Crippen molar-refractivity contribution < 1.29 is 9.59 Å². The molecule has 32 heavy (non-hydrogen) atoms. The van der Waals surface area contributed by atoms with Gasteiger partial charge >= 0.3 is 6.03 Å². The minimum absolute atomic E-state index is 0.0222. The van der Waals surface area contributed by atoms with E-state index in [9.17, 15) is 9.59 Å². The highest BCUT2D eigenvalue weighted by molar-refractivity contribution is 7.14. The molecule has 1 aliphatic rings. The van der Waals surface area contributed by atoms with Crippen LogP contribution in [0.5, 0.6) is 0 Å². The maximum atomic E-state index is 12.7. The summed E-state index contributed by atoms with van der Waals surface area (Å²) in [6.07, 6.45) is 2.25. The van der Waals surface area contributed by atoms with Gasteiger partial charge in [-0.25, -0.2) is 9.78 Å². The number of anilines is 2. The Kier molecular flexibility index (Phi) is 7.07. The zero-order chi connectivity index (χ0) is 22.5. The molecule has 1 aromatic heterocycles. The number of hydrogen-bond acceptors (Lipinski definition) is 4. The second-order valence-corrected chi connectivity index (χ2v) is 9.07. The van der Waals surface area contributed by atoms with Crippen LogP contribution in [0.25, 0.3) is 11.3 Å². The molecule has 0 unspecified atom stereocenters. The van der Waals surface area contributed by atoms with Crippen molar-refractivity contribution in [1.82, 2.24) is 9.88 Å². The summed E-state index contributed by atoms with van der Waals surface area (Å²) in [7, 11) is 0. The van der Waals surface area contributed by atoms with E-state index in [1.165, 1.54) is 16.9 Å². The molecule has 0 bridgehead atoms. The van der Waals surface area contributed by atoms with Crippen molar-refractivity contribution in [2.75, 3.05) is 23.7 Å². The number of amides is 3. The van der Waals surface area contributed by atoms with E-state index in [4.69, 9.17) is 11.6 Å². The zero-order valence-electron chi connectivity index (χ0n) is 17.8. The molecule has 166 valence electrons. The average molecular weight is 469 g/mol. The molecule has 3 amide bonds. The third-order valence-corrected chi connectivity index (χ3v) is 6.65. The van der Waals surface area contributed by atoms with Crippen LogP contribution >= 0.6 is 22.9 Å².